The van der Waals surface area contributed by atoms with Gasteiger partial charge in [0.15, 0.2) is 17.4 Å². The first-order valence-electron chi connectivity index (χ1n) is 7.65. The summed E-state index contributed by atoms with van der Waals surface area (Å²) in [7, 11) is 0. The molecule has 4 nitrogen and oxygen atoms in total. The van der Waals surface area contributed by atoms with Crippen molar-refractivity contribution in [3.8, 4) is 0 Å². The molecule has 1 aliphatic heterocycles. The molecule has 0 amide bonds. The molecule has 25 heavy (non-hydrogen) atoms. The quantitative estimate of drug-likeness (QED) is 0.625. The van der Waals surface area contributed by atoms with Gasteiger partial charge in [-0.2, -0.15) is 0 Å². The lowest BCUT2D eigenvalue weighted by molar-refractivity contribution is 0.526. The van der Waals surface area contributed by atoms with Crippen molar-refractivity contribution in [2.75, 3.05) is 5.32 Å². The van der Waals surface area contributed by atoms with Gasteiger partial charge in [-0.3, -0.25) is 0 Å². The number of benzene rings is 2. The van der Waals surface area contributed by atoms with Crippen LogP contribution in [-0.2, 0) is 0 Å². The predicted molar refractivity (Wildman–Crippen MR) is 100 cm³/mol. The number of rotatable bonds is 2. The van der Waals surface area contributed by atoms with Crippen LogP contribution in [0.25, 0.3) is 0 Å². The van der Waals surface area contributed by atoms with Gasteiger partial charge in [0.2, 0.25) is 0 Å². The molecular formula is C19H13BrFN3O. The van der Waals surface area contributed by atoms with Crippen LogP contribution in [0.1, 0.15) is 17.1 Å². The Balaban J connectivity index is 1.88. The van der Waals surface area contributed by atoms with Gasteiger partial charge in [0, 0.05) is 10.0 Å². The van der Waals surface area contributed by atoms with Gasteiger partial charge in [-0.15, -0.1) is 0 Å². The Bertz CT molecular complexity index is 1010. The number of nitrogens with zero attached hydrogens (tertiary/aromatic N) is 2. The van der Waals surface area contributed by atoms with Crippen LogP contribution in [0.3, 0.4) is 0 Å². The monoisotopic (exact) mass is 397 g/mol. The van der Waals surface area contributed by atoms with Gasteiger partial charge >= 0.3 is 0 Å². The molecule has 124 valence electrons. The van der Waals surface area contributed by atoms with Crippen molar-refractivity contribution in [3.05, 3.63) is 82.0 Å². The summed E-state index contributed by atoms with van der Waals surface area (Å²) in [6.45, 7) is 1.88. The molecule has 0 aliphatic carbocycles. The zero-order valence-electron chi connectivity index (χ0n) is 13.3. The van der Waals surface area contributed by atoms with E-state index < -0.39 is 0 Å². The lowest BCUT2D eigenvalue weighted by Crippen LogP contribution is -2.14. The maximum Gasteiger partial charge on any atom is 0.176 e. The lowest BCUT2D eigenvalue weighted by Gasteiger charge is -2.07. The van der Waals surface area contributed by atoms with Crippen molar-refractivity contribution in [2.45, 2.75) is 6.92 Å². The van der Waals surface area contributed by atoms with Crippen molar-refractivity contribution >= 4 is 39.0 Å². The van der Waals surface area contributed by atoms with Crippen LogP contribution in [0, 0.1) is 12.7 Å². The molecule has 0 bridgehead atoms. The van der Waals surface area contributed by atoms with E-state index in [1.165, 1.54) is 12.1 Å². The third-order valence-corrected chi connectivity index (χ3v) is 4.23. The minimum Gasteiger partial charge on any atom is -0.458 e. The molecule has 0 saturated carbocycles. The van der Waals surface area contributed by atoms with E-state index in [1.807, 2.05) is 37.3 Å². The van der Waals surface area contributed by atoms with Gasteiger partial charge < -0.3 is 9.73 Å². The molecule has 0 radical (unpaired) electrons. The fourth-order valence-electron chi connectivity index (χ4n) is 2.51. The Kier molecular flexibility index (Phi) is 3.97. The third kappa shape index (κ3) is 3.25. The van der Waals surface area contributed by atoms with Crippen molar-refractivity contribution in [1.82, 2.24) is 0 Å². The molecule has 0 unspecified atom stereocenters. The second-order valence-electron chi connectivity index (χ2n) is 5.60. The summed E-state index contributed by atoms with van der Waals surface area (Å²) < 4.78 is 19.9. The molecule has 0 atom stereocenters. The Morgan fingerprint density at radius 1 is 1.00 bits per heavy atom. The lowest BCUT2D eigenvalue weighted by atomic mass is 10.2. The standard InChI is InChI=1S/C19H13BrFN3O/c1-11-2-9-17(25-11)19-23-16-10-13(20)5-8-15(16)22-18(24-19)12-3-6-14(21)7-4-12/h2-10H,1H3,(H,22,23,24). The second-order valence-corrected chi connectivity index (χ2v) is 6.52. The van der Waals surface area contributed by atoms with Crippen LogP contribution < -0.4 is 5.32 Å². The molecule has 0 spiro atoms. The minimum absolute atomic E-state index is 0.300. The fourth-order valence-corrected chi connectivity index (χ4v) is 2.87. The molecule has 4 rings (SSSR count). The van der Waals surface area contributed by atoms with Crippen molar-refractivity contribution in [1.29, 1.82) is 0 Å². The number of hydrogen-bond donors (Lipinski definition) is 1. The van der Waals surface area contributed by atoms with Gasteiger partial charge in [-0.25, -0.2) is 14.4 Å². The number of amidine groups is 2. The van der Waals surface area contributed by atoms with Gasteiger partial charge in [-0.05, 0) is 61.5 Å². The maximum atomic E-state index is 13.3. The maximum absolute atomic E-state index is 13.3. The van der Waals surface area contributed by atoms with Crippen LogP contribution in [0.5, 0.6) is 0 Å². The van der Waals surface area contributed by atoms with Crippen molar-refractivity contribution in [3.63, 3.8) is 0 Å². The van der Waals surface area contributed by atoms with Crippen LogP contribution in [-0.4, -0.2) is 11.7 Å². The SMILES string of the molecule is Cc1ccc(C2=NC(c3ccc(F)cc3)=Nc3ccc(Br)cc3N2)o1. The normalized spacial score (nSPS) is 13.4. The van der Waals surface area contributed by atoms with E-state index in [2.05, 4.69) is 31.2 Å². The number of fused-ring (bicyclic) bond motifs is 1. The smallest absolute Gasteiger partial charge is 0.176 e. The van der Waals surface area contributed by atoms with Crippen molar-refractivity contribution < 1.29 is 8.81 Å². The van der Waals surface area contributed by atoms with Crippen LogP contribution >= 0.6 is 15.9 Å². The number of nitrogens with one attached hydrogen (secondary N) is 1. The predicted octanol–water partition coefficient (Wildman–Crippen LogP) is 5.44. The number of aryl methyl sites for hydroxylation is 1. The summed E-state index contributed by atoms with van der Waals surface area (Å²) in [5.74, 6) is 2.13. The molecule has 0 saturated heterocycles. The Hall–Kier alpha value is -2.73. The molecule has 6 heteroatoms. The van der Waals surface area contributed by atoms with E-state index in [1.54, 1.807) is 12.1 Å². The molecule has 1 aliphatic rings. The topological polar surface area (TPSA) is 49.9 Å². The Morgan fingerprint density at radius 3 is 2.52 bits per heavy atom. The first-order valence-corrected chi connectivity index (χ1v) is 8.44. The highest BCUT2D eigenvalue weighted by Gasteiger charge is 2.17. The molecule has 3 aromatic rings. The zero-order chi connectivity index (χ0) is 17.4. The molecule has 2 heterocycles. The number of aliphatic imine (C=N–C) groups is 2. The van der Waals surface area contributed by atoms with E-state index >= 15 is 0 Å². The molecule has 1 aromatic heterocycles. The summed E-state index contributed by atoms with van der Waals surface area (Å²) in [6.07, 6.45) is 0. The summed E-state index contributed by atoms with van der Waals surface area (Å²) >= 11 is 3.47. The van der Waals surface area contributed by atoms with Crippen molar-refractivity contribution in [2.24, 2.45) is 9.98 Å². The first kappa shape index (κ1) is 15.8. The fraction of sp³-hybridized carbons (Fsp3) is 0.0526. The number of anilines is 1. The summed E-state index contributed by atoms with van der Waals surface area (Å²) in [4.78, 5) is 9.27. The minimum atomic E-state index is -0.300. The average molecular weight is 398 g/mol. The van der Waals surface area contributed by atoms with E-state index in [-0.39, 0.29) is 5.82 Å². The van der Waals surface area contributed by atoms with Crippen LogP contribution in [0.15, 0.2) is 73.5 Å². The first-order chi connectivity index (χ1) is 12.1. The number of hydrogen-bond acceptors (Lipinski definition) is 4. The van der Waals surface area contributed by atoms with Gasteiger partial charge in [-0.1, -0.05) is 15.9 Å². The highest BCUT2D eigenvalue weighted by Crippen LogP contribution is 2.32. The molecule has 2 aromatic carbocycles. The van der Waals surface area contributed by atoms with Crippen LogP contribution in [0.4, 0.5) is 15.8 Å². The number of halogens is 2. The summed E-state index contributed by atoms with van der Waals surface area (Å²) in [5.41, 5.74) is 2.27. The Labute approximate surface area is 152 Å². The van der Waals surface area contributed by atoms with E-state index in [9.17, 15) is 4.39 Å². The van der Waals surface area contributed by atoms with E-state index in [4.69, 9.17) is 4.42 Å². The van der Waals surface area contributed by atoms with E-state index in [0.29, 0.717) is 17.4 Å². The third-order valence-electron chi connectivity index (χ3n) is 3.73. The summed E-state index contributed by atoms with van der Waals surface area (Å²) in [5, 5.41) is 3.28. The van der Waals surface area contributed by atoms with E-state index in [0.717, 1.165) is 27.2 Å². The highest BCUT2D eigenvalue weighted by atomic mass is 79.9. The summed E-state index contributed by atoms with van der Waals surface area (Å²) in [6, 6.07) is 15.6. The van der Waals surface area contributed by atoms with Gasteiger partial charge in [0.05, 0.1) is 11.4 Å². The van der Waals surface area contributed by atoms with Gasteiger partial charge in [0.1, 0.15) is 11.6 Å². The van der Waals surface area contributed by atoms with Crippen LogP contribution in [0.2, 0.25) is 0 Å². The average Bonchev–Trinajstić information content (AvgIpc) is 2.93. The Morgan fingerprint density at radius 2 is 1.80 bits per heavy atom. The zero-order valence-corrected chi connectivity index (χ0v) is 14.8. The molecule has 1 N–H and O–H groups in total. The largest absolute Gasteiger partial charge is 0.458 e. The molecular weight excluding hydrogens is 385 g/mol. The highest BCUT2D eigenvalue weighted by molar-refractivity contribution is 9.10. The molecule has 0 fully saturated rings. The number of furan rings is 1. The second kappa shape index (κ2) is 6.29. The van der Waals surface area contributed by atoms with Gasteiger partial charge in [0.25, 0.3) is 0 Å².